The summed E-state index contributed by atoms with van der Waals surface area (Å²) in [5.41, 5.74) is 3.03. The summed E-state index contributed by atoms with van der Waals surface area (Å²) in [7, 11) is 0.206. The Balaban J connectivity index is 1.45. The number of carbonyl (C=O) groups excluding carboxylic acids is 2. The molecule has 3 heterocycles. The number of amides is 2. The zero-order chi connectivity index (χ0) is 32.2. The van der Waals surface area contributed by atoms with E-state index in [-0.39, 0.29) is 16.7 Å². The topological polar surface area (TPSA) is 120 Å². The summed E-state index contributed by atoms with van der Waals surface area (Å²) in [6, 6.07) is 6.35. The number of likely N-dealkylation sites (tertiary alicyclic amines) is 1. The molecule has 1 unspecified atom stereocenters. The molecule has 0 saturated carbocycles. The van der Waals surface area contributed by atoms with Crippen molar-refractivity contribution in [3.8, 4) is 5.69 Å². The molecule has 2 N–H and O–H groups in total. The van der Waals surface area contributed by atoms with E-state index in [9.17, 15) is 18.0 Å². The SMILES string of the molecule is CCCCN1C(=O)C(CC(C)C)NC(=O)C12CCN(Cc1c(C)nn(-c3ccc(S(=O)(=O)NCCN(C)C)cc3)c1C)CC2. The van der Waals surface area contributed by atoms with E-state index in [4.69, 9.17) is 5.10 Å². The number of piperazine rings is 1. The normalized spacial score (nSPS) is 19.4. The largest absolute Gasteiger partial charge is 0.342 e. The smallest absolute Gasteiger partial charge is 0.246 e. The summed E-state index contributed by atoms with van der Waals surface area (Å²) in [5, 5.41) is 7.88. The van der Waals surface area contributed by atoms with Crippen LogP contribution in [0.5, 0.6) is 0 Å². The lowest BCUT2D eigenvalue weighted by molar-refractivity contribution is -0.161. The van der Waals surface area contributed by atoms with Crippen LogP contribution >= 0.6 is 0 Å². The fourth-order valence-electron chi connectivity index (χ4n) is 6.36. The predicted molar refractivity (Wildman–Crippen MR) is 172 cm³/mol. The predicted octanol–water partition coefficient (Wildman–Crippen LogP) is 2.84. The van der Waals surface area contributed by atoms with Crippen molar-refractivity contribution in [3.63, 3.8) is 0 Å². The maximum atomic E-state index is 13.6. The molecule has 2 aromatic rings. The summed E-state index contributed by atoms with van der Waals surface area (Å²) in [4.78, 5) is 33.6. The summed E-state index contributed by atoms with van der Waals surface area (Å²) < 4.78 is 29.9. The number of carbonyl (C=O) groups is 2. The van der Waals surface area contributed by atoms with Crippen LogP contribution in [-0.2, 0) is 26.2 Å². The number of benzene rings is 1. The molecule has 2 amide bonds. The molecule has 2 aliphatic rings. The van der Waals surface area contributed by atoms with Gasteiger partial charge in [0.1, 0.15) is 11.6 Å². The Kier molecular flexibility index (Phi) is 10.9. The van der Waals surface area contributed by atoms with Gasteiger partial charge in [-0.15, -0.1) is 0 Å². The Morgan fingerprint density at radius 2 is 1.77 bits per heavy atom. The van der Waals surface area contributed by atoms with Crippen LogP contribution < -0.4 is 10.0 Å². The van der Waals surface area contributed by atoms with E-state index in [0.717, 1.165) is 35.5 Å². The molecule has 1 spiro atoms. The van der Waals surface area contributed by atoms with Gasteiger partial charge in [-0.1, -0.05) is 27.2 Å². The number of rotatable bonds is 13. The Morgan fingerprint density at radius 1 is 1.11 bits per heavy atom. The van der Waals surface area contributed by atoms with Gasteiger partial charge in [0, 0.05) is 50.5 Å². The number of aryl methyl sites for hydroxylation is 1. The molecule has 2 aliphatic heterocycles. The minimum atomic E-state index is -3.59. The van der Waals surface area contributed by atoms with Crippen LogP contribution in [0.4, 0.5) is 0 Å². The Bertz CT molecular complexity index is 1410. The molecule has 12 heteroatoms. The zero-order valence-electron chi connectivity index (χ0n) is 27.5. The maximum Gasteiger partial charge on any atom is 0.246 e. The number of likely N-dealkylation sites (N-methyl/N-ethyl adjacent to an activating group) is 1. The first-order valence-electron chi connectivity index (χ1n) is 15.9. The van der Waals surface area contributed by atoms with Gasteiger partial charge in [-0.05, 0) is 83.8 Å². The van der Waals surface area contributed by atoms with Crippen molar-refractivity contribution in [2.75, 3.05) is 46.8 Å². The molecule has 44 heavy (non-hydrogen) atoms. The molecule has 1 aromatic heterocycles. The molecule has 0 aliphatic carbocycles. The highest BCUT2D eigenvalue weighted by molar-refractivity contribution is 7.89. The highest BCUT2D eigenvalue weighted by Crippen LogP contribution is 2.35. The fraction of sp³-hybridized carbons (Fsp3) is 0.656. The Hall–Kier alpha value is -2.80. The third kappa shape index (κ3) is 7.35. The van der Waals surface area contributed by atoms with E-state index in [0.29, 0.717) is 64.4 Å². The first kappa shape index (κ1) is 34.1. The minimum Gasteiger partial charge on any atom is -0.342 e. The van der Waals surface area contributed by atoms with E-state index in [1.165, 1.54) is 0 Å². The number of aromatic nitrogens is 2. The van der Waals surface area contributed by atoms with Crippen LogP contribution in [0.2, 0.25) is 0 Å². The molecular weight excluding hydrogens is 578 g/mol. The van der Waals surface area contributed by atoms with Crippen LogP contribution in [0.1, 0.15) is 69.8 Å². The van der Waals surface area contributed by atoms with Crippen molar-refractivity contribution in [1.29, 1.82) is 0 Å². The van der Waals surface area contributed by atoms with Crippen LogP contribution in [0.15, 0.2) is 29.2 Å². The summed E-state index contributed by atoms with van der Waals surface area (Å²) in [5.74, 6) is 0.384. The van der Waals surface area contributed by atoms with Crippen LogP contribution in [0.3, 0.4) is 0 Å². The number of nitrogens with one attached hydrogen (secondary N) is 2. The number of sulfonamides is 1. The van der Waals surface area contributed by atoms with Gasteiger partial charge in [0.05, 0.1) is 16.3 Å². The van der Waals surface area contributed by atoms with E-state index < -0.39 is 21.6 Å². The van der Waals surface area contributed by atoms with Gasteiger partial charge in [-0.2, -0.15) is 5.10 Å². The lowest BCUT2D eigenvalue weighted by Crippen LogP contribution is -2.73. The van der Waals surface area contributed by atoms with Crippen molar-refractivity contribution in [2.24, 2.45) is 5.92 Å². The molecule has 2 fully saturated rings. The van der Waals surface area contributed by atoms with E-state index in [1.54, 1.807) is 24.3 Å². The van der Waals surface area contributed by atoms with E-state index >= 15 is 0 Å². The van der Waals surface area contributed by atoms with Crippen molar-refractivity contribution < 1.29 is 18.0 Å². The number of hydrogen-bond acceptors (Lipinski definition) is 7. The van der Waals surface area contributed by atoms with Gasteiger partial charge in [0.2, 0.25) is 21.8 Å². The van der Waals surface area contributed by atoms with Gasteiger partial charge in [0.15, 0.2) is 0 Å². The summed E-state index contributed by atoms with van der Waals surface area (Å²) in [6.07, 6.45) is 3.72. The van der Waals surface area contributed by atoms with Gasteiger partial charge in [0.25, 0.3) is 0 Å². The van der Waals surface area contributed by atoms with Crippen molar-refractivity contribution >= 4 is 21.8 Å². The number of unbranched alkanes of at least 4 members (excludes halogenated alkanes) is 1. The highest BCUT2D eigenvalue weighted by Gasteiger charge is 2.53. The lowest BCUT2D eigenvalue weighted by Gasteiger charge is -2.52. The number of piperidine rings is 1. The van der Waals surface area contributed by atoms with Crippen LogP contribution in [-0.4, -0.2) is 103 Å². The molecular formula is C32H51N7O4S. The average Bonchev–Trinajstić information content (AvgIpc) is 3.25. The van der Waals surface area contributed by atoms with Gasteiger partial charge in [-0.25, -0.2) is 17.8 Å². The Morgan fingerprint density at radius 3 is 2.36 bits per heavy atom. The molecule has 244 valence electrons. The van der Waals surface area contributed by atoms with E-state index in [1.807, 2.05) is 42.4 Å². The quantitative estimate of drug-likeness (QED) is 0.350. The number of nitrogens with zero attached hydrogens (tertiary/aromatic N) is 5. The highest BCUT2D eigenvalue weighted by atomic mass is 32.2. The molecule has 2 saturated heterocycles. The van der Waals surface area contributed by atoms with Crippen LogP contribution in [0.25, 0.3) is 5.69 Å². The molecule has 4 rings (SSSR count). The Labute approximate surface area is 263 Å². The monoisotopic (exact) mass is 629 g/mol. The maximum absolute atomic E-state index is 13.6. The van der Waals surface area contributed by atoms with Crippen molar-refractivity contribution in [1.82, 2.24) is 34.5 Å². The molecule has 1 atom stereocenters. The van der Waals surface area contributed by atoms with Crippen molar-refractivity contribution in [3.05, 3.63) is 41.2 Å². The lowest BCUT2D eigenvalue weighted by atomic mass is 9.80. The second kappa shape index (κ2) is 14.1. The molecule has 0 bridgehead atoms. The summed E-state index contributed by atoms with van der Waals surface area (Å²) in [6.45, 7) is 14.0. The minimum absolute atomic E-state index is 0.00274. The average molecular weight is 630 g/mol. The second-order valence-corrected chi connectivity index (χ2v) is 14.8. The first-order valence-corrected chi connectivity index (χ1v) is 17.4. The van der Waals surface area contributed by atoms with E-state index in [2.05, 4.69) is 35.7 Å². The van der Waals surface area contributed by atoms with Crippen LogP contribution in [0, 0.1) is 19.8 Å². The molecule has 0 radical (unpaired) electrons. The number of hydrogen-bond donors (Lipinski definition) is 2. The second-order valence-electron chi connectivity index (χ2n) is 13.1. The third-order valence-electron chi connectivity index (χ3n) is 9.00. The fourth-order valence-corrected chi connectivity index (χ4v) is 7.38. The third-order valence-corrected chi connectivity index (χ3v) is 10.5. The van der Waals surface area contributed by atoms with Gasteiger partial charge < -0.3 is 15.1 Å². The molecule has 11 nitrogen and oxygen atoms in total. The van der Waals surface area contributed by atoms with Gasteiger partial charge >= 0.3 is 0 Å². The summed E-state index contributed by atoms with van der Waals surface area (Å²) >= 11 is 0. The standard InChI is InChI=1S/C32H51N7O4S/c1-8-9-17-38-30(40)29(21-23(2)3)34-31(41)32(38)14-18-37(19-15-32)22-28-24(4)35-39(25(28)5)26-10-12-27(13-11-26)44(42,43)33-16-20-36(6)7/h10-13,23,29,33H,8-9,14-22H2,1-7H3,(H,34,41). The first-order chi connectivity index (χ1) is 20.8. The van der Waals surface area contributed by atoms with Gasteiger partial charge in [-0.3, -0.25) is 14.5 Å². The van der Waals surface area contributed by atoms with Crippen molar-refractivity contribution in [2.45, 2.75) is 89.7 Å². The molecule has 1 aromatic carbocycles. The zero-order valence-corrected chi connectivity index (χ0v) is 28.3.